The van der Waals surface area contributed by atoms with E-state index in [1.54, 1.807) is 48.5 Å². The molecule has 2 aromatic carbocycles. The summed E-state index contributed by atoms with van der Waals surface area (Å²) in [5, 5.41) is 3.05. The van der Waals surface area contributed by atoms with E-state index in [2.05, 4.69) is 10.1 Å². The molecule has 1 fully saturated rings. The van der Waals surface area contributed by atoms with E-state index in [9.17, 15) is 14.4 Å². The van der Waals surface area contributed by atoms with Gasteiger partial charge in [0.1, 0.15) is 5.70 Å². The van der Waals surface area contributed by atoms with E-state index in [0.717, 1.165) is 4.90 Å². The molecule has 1 heterocycles. The van der Waals surface area contributed by atoms with Crippen LogP contribution in [-0.4, -0.2) is 25.0 Å². The number of nitrogens with one attached hydrogen (secondary N) is 1. The molecule has 2 aromatic rings. The monoisotopic (exact) mass is 356 g/mol. The van der Waals surface area contributed by atoms with Crippen LogP contribution in [0.5, 0.6) is 0 Å². The highest BCUT2D eigenvalue weighted by atomic mass is 35.5. The highest BCUT2D eigenvalue weighted by molar-refractivity contribution is 6.31. The Morgan fingerprint density at radius 1 is 1.08 bits per heavy atom. The molecule has 0 aliphatic carbocycles. The zero-order valence-electron chi connectivity index (χ0n) is 13.2. The van der Waals surface area contributed by atoms with Crippen LogP contribution in [0.25, 0.3) is 6.08 Å². The zero-order chi connectivity index (χ0) is 18.0. The van der Waals surface area contributed by atoms with Gasteiger partial charge in [-0.25, -0.2) is 14.5 Å². The van der Waals surface area contributed by atoms with E-state index in [1.165, 1.54) is 13.2 Å². The van der Waals surface area contributed by atoms with Crippen molar-refractivity contribution in [3.63, 3.8) is 0 Å². The first-order valence-electron chi connectivity index (χ1n) is 7.30. The number of carbonyl (C=O) groups excluding carboxylic acids is 3. The third kappa shape index (κ3) is 3.39. The minimum absolute atomic E-state index is 0.144. The quantitative estimate of drug-likeness (QED) is 0.520. The number of hydrogen-bond acceptors (Lipinski definition) is 4. The zero-order valence-corrected chi connectivity index (χ0v) is 13.9. The Bertz CT molecular complexity index is 873. The van der Waals surface area contributed by atoms with Crippen molar-refractivity contribution in [3.8, 4) is 0 Å². The number of anilines is 1. The minimum atomic E-state index is -0.537. The van der Waals surface area contributed by atoms with Gasteiger partial charge in [-0.15, -0.1) is 0 Å². The Morgan fingerprint density at radius 3 is 2.32 bits per heavy atom. The van der Waals surface area contributed by atoms with E-state index < -0.39 is 17.9 Å². The van der Waals surface area contributed by atoms with Gasteiger partial charge in [-0.3, -0.25) is 4.79 Å². The smallest absolute Gasteiger partial charge is 0.337 e. The molecule has 1 saturated heterocycles. The molecule has 1 aliphatic heterocycles. The Kier molecular flexibility index (Phi) is 4.54. The third-order valence-electron chi connectivity index (χ3n) is 3.61. The largest absolute Gasteiger partial charge is 0.465 e. The number of nitrogens with zero attached hydrogens (tertiary/aromatic N) is 1. The molecule has 0 spiro atoms. The summed E-state index contributed by atoms with van der Waals surface area (Å²) in [5.74, 6) is -0.914. The van der Waals surface area contributed by atoms with E-state index in [4.69, 9.17) is 11.6 Å². The number of esters is 1. The van der Waals surface area contributed by atoms with Crippen molar-refractivity contribution in [2.45, 2.75) is 0 Å². The number of hydrogen-bond donors (Lipinski definition) is 1. The van der Waals surface area contributed by atoms with Crippen LogP contribution in [0, 0.1) is 0 Å². The van der Waals surface area contributed by atoms with Crippen LogP contribution in [0.4, 0.5) is 10.5 Å². The number of benzene rings is 2. The highest BCUT2D eigenvalue weighted by Crippen LogP contribution is 2.24. The van der Waals surface area contributed by atoms with Crippen LogP contribution in [0.15, 0.2) is 54.2 Å². The second kappa shape index (κ2) is 6.78. The molecule has 0 atom stereocenters. The van der Waals surface area contributed by atoms with Gasteiger partial charge in [0.15, 0.2) is 0 Å². The molecule has 3 rings (SSSR count). The topological polar surface area (TPSA) is 75.7 Å². The van der Waals surface area contributed by atoms with Crippen LogP contribution in [0.1, 0.15) is 15.9 Å². The molecule has 3 amide bonds. The minimum Gasteiger partial charge on any atom is -0.465 e. The second-order valence-corrected chi connectivity index (χ2v) is 5.66. The summed E-state index contributed by atoms with van der Waals surface area (Å²) < 4.78 is 4.63. The average molecular weight is 357 g/mol. The number of methoxy groups -OCH3 is 1. The summed E-state index contributed by atoms with van der Waals surface area (Å²) in [6.45, 7) is 0. The lowest BCUT2D eigenvalue weighted by Crippen LogP contribution is -2.30. The van der Waals surface area contributed by atoms with Crippen molar-refractivity contribution in [1.82, 2.24) is 5.32 Å². The summed E-state index contributed by atoms with van der Waals surface area (Å²) >= 11 is 5.82. The van der Waals surface area contributed by atoms with Gasteiger partial charge in [-0.1, -0.05) is 23.7 Å². The van der Waals surface area contributed by atoms with Gasteiger partial charge < -0.3 is 10.1 Å². The summed E-state index contributed by atoms with van der Waals surface area (Å²) in [6, 6.07) is 12.3. The molecule has 25 heavy (non-hydrogen) atoms. The van der Waals surface area contributed by atoms with Crippen LogP contribution in [-0.2, 0) is 9.53 Å². The van der Waals surface area contributed by atoms with Gasteiger partial charge in [-0.2, -0.15) is 0 Å². The third-order valence-corrected chi connectivity index (χ3v) is 3.86. The summed E-state index contributed by atoms with van der Waals surface area (Å²) in [6.07, 6.45) is 1.54. The maximum absolute atomic E-state index is 12.5. The fraction of sp³-hybridized carbons (Fsp3) is 0.0556. The predicted octanol–water partition coefficient (Wildman–Crippen LogP) is 3.22. The fourth-order valence-corrected chi connectivity index (χ4v) is 2.49. The summed E-state index contributed by atoms with van der Waals surface area (Å²) in [7, 11) is 1.30. The van der Waals surface area contributed by atoms with Gasteiger partial charge in [0.05, 0.1) is 18.4 Å². The maximum Gasteiger partial charge on any atom is 0.337 e. The SMILES string of the molecule is COC(=O)c1ccc(/C=C2/NC(=O)N(c3ccc(Cl)cc3)C2=O)cc1. The Labute approximate surface area is 148 Å². The van der Waals surface area contributed by atoms with Gasteiger partial charge in [0, 0.05) is 5.02 Å². The number of ether oxygens (including phenoxy) is 1. The van der Waals surface area contributed by atoms with Crippen LogP contribution in [0.3, 0.4) is 0 Å². The first kappa shape index (κ1) is 16.7. The summed E-state index contributed by atoms with van der Waals surface area (Å²) in [4.78, 5) is 37.1. The van der Waals surface area contributed by atoms with Crippen molar-refractivity contribution >= 4 is 41.3 Å². The molecule has 0 bridgehead atoms. The number of halogens is 1. The maximum atomic E-state index is 12.5. The van der Waals surface area contributed by atoms with Gasteiger partial charge >= 0.3 is 12.0 Å². The number of carbonyl (C=O) groups is 3. The molecule has 6 nitrogen and oxygen atoms in total. The Hall–Kier alpha value is -3.12. The number of imide groups is 1. The van der Waals surface area contributed by atoms with Crippen molar-refractivity contribution in [3.05, 3.63) is 70.4 Å². The van der Waals surface area contributed by atoms with Crippen LogP contribution < -0.4 is 10.2 Å². The van der Waals surface area contributed by atoms with Crippen molar-refractivity contribution in [2.75, 3.05) is 12.0 Å². The highest BCUT2D eigenvalue weighted by Gasteiger charge is 2.34. The predicted molar refractivity (Wildman–Crippen MR) is 93.2 cm³/mol. The molecule has 0 radical (unpaired) electrons. The lowest BCUT2D eigenvalue weighted by molar-refractivity contribution is -0.113. The van der Waals surface area contributed by atoms with Crippen molar-refractivity contribution < 1.29 is 19.1 Å². The van der Waals surface area contributed by atoms with Crippen molar-refractivity contribution in [1.29, 1.82) is 0 Å². The molecule has 1 aliphatic rings. The van der Waals surface area contributed by atoms with E-state index in [1.807, 2.05) is 0 Å². The van der Waals surface area contributed by atoms with E-state index in [0.29, 0.717) is 21.8 Å². The second-order valence-electron chi connectivity index (χ2n) is 5.22. The van der Waals surface area contributed by atoms with Crippen molar-refractivity contribution in [2.24, 2.45) is 0 Å². The van der Waals surface area contributed by atoms with Gasteiger partial charge in [0.2, 0.25) is 0 Å². The van der Waals surface area contributed by atoms with Gasteiger partial charge in [0.25, 0.3) is 5.91 Å². The summed E-state index contributed by atoms with van der Waals surface area (Å²) in [5.41, 5.74) is 1.63. The number of urea groups is 1. The lowest BCUT2D eigenvalue weighted by atomic mass is 10.1. The van der Waals surface area contributed by atoms with E-state index in [-0.39, 0.29) is 5.70 Å². The molecule has 126 valence electrons. The number of rotatable bonds is 3. The first-order chi connectivity index (χ1) is 12.0. The fourth-order valence-electron chi connectivity index (χ4n) is 2.36. The molecule has 0 unspecified atom stereocenters. The van der Waals surface area contributed by atoms with E-state index >= 15 is 0 Å². The molecule has 1 N–H and O–H groups in total. The molecular formula is C18H13ClN2O4. The molecular weight excluding hydrogens is 344 g/mol. The molecule has 0 aromatic heterocycles. The molecule has 7 heteroatoms. The van der Waals surface area contributed by atoms with Crippen LogP contribution in [0.2, 0.25) is 5.02 Å². The number of amides is 3. The average Bonchev–Trinajstić information content (AvgIpc) is 2.89. The Morgan fingerprint density at radius 2 is 1.72 bits per heavy atom. The first-order valence-corrected chi connectivity index (χ1v) is 7.68. The van der Waals surface area contributed by atoms with Gasteiger partial charge in [-0.05, 0) is 48.0 Å². The Balaban J connectivity index is 1.85. The normalized spacial score (nSPS) is 15.4. The standard InChI is InChI=1S/C18H13ClN2O4/c1-25-17(23)12-4-2-11(3-5-12)10-15-16(22)21(18(24)20-15)14-8-6-13(19)7-9-14/h2-10H,1H3,(H,20,24)/b15-10+. The van der Waals surface area contributed by atoms with Crippen LogP contribution >= 0.6 is 11.6 Å². The molecule has 0 saturated carbocycles. The lowest BCUT2D eigenvalue weighted by Gasteiger charge is -2.11.